The minimum Gasteiger partial charge on any atom is -0.321 e. The van der Waals surface area contributed by atoms with Crippen LogP contribution in [0.1, 0.15) is 29.4 Å². The van der Waals surface area contributed by atoms with Gasteiger partial charge in [0.05, 0.1) is 28.6 Å². The molecule has 0 spiro atoms. The summed E-state index contributed by atoms with van der Waals surface area (Å²) < 4.78 is 3.96. The molecule has 0 saturated carbocycles. The fourth-order valence-corrected chi connectivity index (χ4v) is 2.60. The highest BCUT2D eigenvalue weighted by atomic mass is 35.5. The molecule has 2 heterocycles. The molecule has 3 aromatic rings. The second-order valence-corrected chi connectivity index (χ2v) is 5.80. The van der Waals surface area contributed by atoms with Gasteiger partial charge in [0, 0.05) is 13.2 Å². The van der Waals surface area contributed by atoms with Gasteiger partial charge < -0.3 is 4.57 Å². The van der Waals surface area contributed by atoms with Gasteiger partial charge in [0.1, 0.15) is 5.82 Å². The van der Waals surface area contributed by atoms with Crippen LogP contribution in [0.5, 0.6) is 0 Å². The average molecular weight is 289 g/mol. The molecule has 2 aromatic heterocycles. The van der Waals surface area contributed by atoms with Gasteiger partial charge >= 0.3 is 0 Å². The van der Waals surface area contributed by atoms with E-state index in [4.69, 9.17) is 11.6 Å². The first kappa shape index (κ1) is 13.2. The monoisotopic (exact) mass is 288 g/mol. The lowest BCUT2D eigenvalue weighted by Crippen LogP contribution is -2.06. The molecule has 1 atom stereocenters. The molecule has 0 saturated heterocycles. The molecule has 3 rings (SSSR count). The summed E-state index contributed by atoms with van der Waals surface area (Å²) in [5.74, 6) is 0.887. The van der Waals surface area contributed by atoms with Gasteiger partial charge in [-0.3, -0.25) is 4.68 Å². The molecule has 5 heteroatoms. The van der Waals surface area contributed by atoms with Gasteiger partial charge in [0.15, 0.2) is 0 Å². The summed E-state index contributed by atoms with van der Waals surface area (Å²) in [7, 11) is 1.92. The molecular formula is C15H17ClN4. The Morgan fingerprint density at radius 3 is 2.75 bits per heavy atom. The Labute approximate surface area is 123 Å². The summed E-state index contributed by atoms with van der Waals surface area (Å²) >= 11 is 6.28. The SMILES string of the molecule is Cc1ccc2nc(C(C)Cl)n(Cc3ccn(C)n3)c2c1. The van der Waals surface area contributed by atoms with Gasteiger partial charge in [-0.2, -0.15) is 5.10 Å². The Morgan fingerprint density at radius 1 is 1.30 bits per heavy atom. The maximum Gasteiger partial charge on any atom is 0.128 e. The zero-order chi connectivity index (χ0) is 14.3. The first-order valence-corrected chi connectivity index (χ1v) is 7.07. The molecule has 1 unspecified atom stereocenters. The summed E-state index contributed by atoms with van der Waals surface area (Å²) in [6.07, 6.45) is 1.95. The van der Waals surface area contributed by atoms with Crippen LogP contribution in [0.3, 0.4) is 0 Å². The number of alkyl halides is 1. The molecule has 1 aromatic carbocycles. The third-order valence-corrected chi connectivity index (χ3v) is 3.57. The van der Waals surface area contributed by atoms with Crippen molar-refractivity contribution in [3.8, 4) is 0 Å². The zero-order valence-electron chi connectivity index (χ0n) is 11.8. The first-order valence-electron chi connectivity index (χ1n) is 6.64. The first-order chi connectivity index (χ1) is 9.54. The lowest BCUT2D eigenvalue weighted by atomic mass is 10.2. The Morgan fingerprint density at radius 2 is 2.10 bits per heavy atom. The van der Waals surface area contributed by atoms with E-state index >= 15 is 0 Å². The van der Waals surface area contributed by atoms with Crippen LogP contribution in [0.2, 0.25) is 0 Å². The van der Waals surface area contributed by atoms with Crippen molar-refractivity contribution in [1.29, 1.82) is 0 Å². The van der Waals surface area contributed by atoms with Crippen molar-refractivity contribution in [1.82, 2.24) is 19.3 Å². The Balaban J connectivity index is 2.15. The largest absolute Gasteiger partial charge is 0.321 e. The highest BCUT2D eigenvalue weighted by molar-refractivity contribution is 6.20. The van der Waals surface area contributed by atoms with Crippen LogP contribution in [-0.4, -0.2) is 19.3 Å². The number of fused-ring (bicyclic) bond motifs is 1. The third-order valence-electron chi connectivity index (χ3n) is 3.38. The molecule has 0 fully saturated rings. The number of imidazole rings is 1. The molecule has 0 N–H and O–H groups in total. The number of hydrogen-bond donors (Lipinski definition) is 0. The van der Waals surface area contributed by atoms with Crippen molar-refractivity contribution >= 4 is 22.6 Å². The summed E-state index contributed by atoms with van der Waals surface area (Å²) in [4.78, 5) is 4.65. The van der Waals surface area contributed by atoms with Crippen molar-refractivity contribution in [3.63, 3.8) is 0 Å². The number of rotatable bonds is 3. The minimum atomic E-state index is -0.133. The van der Waals surface area contributed by atoms with E-state index in [2.05, 4.69) is 33.7 Å². The average Bonchev–Trinajstić information content (AvgIpc) is 2.95. The van der Waals surface area contributed by atoms with Crippen molar-refractivity contribution < 1.29 is 0 Å². The molecule has 104 valence electrons. The van der Waals surface area contributed by atoms with E-state index < -0.39 is 0 Å². The summed E-state index contributed by atoms with van der Waals surface area (Å²) in [5.41, 5.74) is 4.31. The van der Waals surface area contributed by atoms with E-state index in [0.717, 1.165) is 22.6 Å². The molecule has 20 heavy (non-hydrogen) atoms. The summed E-state index contributed by atoms with van der Waals surface area (Å²) in [6, 6.07) is 8.28. The number of benzene rings is 1. The van der Waals surface area contributed by atoms with Gasteiger partial charge in [0.2, 0.25) is 0 Å². The van der Waals surface area contributed by atoms with Crippen molar-refractivity contribution in [2.75, 3.05) is 0 Å². The van der Waals surface area contributed by atoms with E-state index in [1.807, 2.05) is 37.0 Å². The van der Waals surface area contributed by atoms with Crippen molar-refractivity contribution in [3.05, 3.63) is 47.5 Å². The van der Waals surface area contributed by atoms with Crippen LogP contribution in [0.25, 0.3) is 11.0 Å². The molecule has 0 radical (unpaired) electrons. The quantitative estimate of drug-likeness (QED) is 0.692. The highest BCUT2D eigenvalue weighted by Crippen LogP contribution is 2.26. The lowest BCUT2D eigenvalue weighted by molar-refractivity contribution is 0.689. The van der Waals surface area contributed by atoms with Crippen LogP contribution >= 0.6 is 11.6 Å². The topological polar surface area (TPSA) is 35.6 Å². The van der Waals surface area contributed by atoms with Gasteiger partial charge in [-0.1, -0.05) is 6.07 Å². The number of aromatic nitrogens is 4. The fraction of sp³-hybridized carbons (Fsp3) is 0.333. The number of nitrogens with zero attached hydrogens (tertiary/aromatic N) is 4. The van der Waals surface area contributed by atoms with Crippen LogP contribution in [-0.2, 0) is 13.6 Å². The fourth-order valence-electron chi connectivity index (χ4n) is 2.43. The van der Waals surface area contributed by atoms with Gasteiger partial charge in [-0.25, -0.2) is 4.98 Å². The second-order valence-electron chi connectivity index (χ2n) is 5.15. The molecule has 0 bridgehead atoms. The Hall–Kier alpha value is -1.81. The second kappa shape index (κ2) is 4.94. The molecule has 0 amide bonds. The van der Waals surface area contributed by atoms with Crippen LogP contribution < -0.4 is 0 Å². The standard InChI is InChI=1S/C15H17ClN4/c1-10-4-5-13-14(8-10)20(15(17-13)11(2)16)9-12-6-7-19(3)18-12/h4-8,11H,9H2,1-3H3. The Kier molecular flexibility index (Phi) is 3.26. The van der Waals surface area contributed by atoms with Crippen molar-refractivity contribution in [2.45, 2.75) is 25.8 Å². The Bertz CT molecular complexity index is 754. The predicted molar refractivity (Wildman–Crippen MR) is 81.0 cm³/mol. The third kappa shape index (κ3) is 2.31. The van der Waals surface area contributed by atoms with E-state index in [9.17, 15) is 0 Å². The van der Waals surface area contributed by atoms with E-state index in [0.29, 0.717) is 6.54 Å². The lowest BCUT2D eigenvalue weighted by Gasteiger charge is -2.09. The smallest absolute Gasteiger partial charge is 0.128 e. The molecular weight excluding hydrogens is 272 g/mol. The summed E-state index contributed by atoms with van der Waals surface area (Å²) in [5, 5.41) is 4.31. The maximum absolute atomic E-state index is 6.28. The molecule has 4 nitrogen and oxygen atoms in total. The highest BCUT2D eigenvalue weighted by Gasteiger charge is 2.16. The van der Waals surface area contributed by atoms with Crippen molar-refractivity contribution in [2.24, 2.45) is 7.05 Å². The number of halogens is 1. The number of aryl methyl sites for hydroxylation is 2. The van der Waals surface area contributed by atoms with Gasteiger partial charge in [0.25, 0.3) is 0 Å². The van der Waals surface area contributed by atoms with Gasteiger partial charge in [-0.05, 0) is 37.6 Å². The number of hydrogen-bond acceptors (Lipinski definition) is 2. The maximum atomic E-state index is 6.28. The normalized spacial score (nSPS) is 13.0. The molecule has 0 aliphatic heterocycles. The van der Waals surface area contributed by atoms with Crippen LogP contribution in [0.15, 0.2) is 30.5 Å². The van der Waals surface area contributed by atoms with Crippen LogP contribution in [0, 0.1) is 6.92 Å². The molecule has 0 aliphatic carbocycles. The van der Waals surface area contributed by atoms with E-state index in [-0.39, 0.29) is 5.38 Å². The predicted octanol–water partition coefficient (Wildman–Crippen LogP) is 3.43. The van der Waals surface area contributed by atoms with Gasteiger partial charge in [-0.15, -0.1) is 11.6 Å². The zero-order valence-corrected chi connectivity index (χ0v) is 12.6. The van der Waals surface area contributed by atoms with E-state index in [1.165, 1.54) is 5.56 Å². The summed E-state index contributed by atoms with van der Waals surface area (Å²) in [6.45, 7) is 4.72. The van der Waals surface area contributed by atoms with E-state index in [1.54, 1.807) is 0 Å². The minimum absolute atomic E-state index is 0.133. The van der Waals surface area contributed by atoms with Crippen LogP contribution in [0.4, 0.5) is 0 Å². The molecule has 0 aliphatic rings.